The van der Waals surface area contributed by atoms with E-state index in [2.05, 4.69) is 0 Å². The van der Waals surface area contributed by atoms with Crippen molar-refractivity contribution in [3.8, 4) is 0 Å². The summed E-state index contributed by atoms with van der Waals surface area (Å²) in [5.74, 6) is 0. The van der Waals surface area contributed by atoms with Crippen LogP contribution in [0.4, 0.5) is 23.7 Å². The minimum Gasteiger partial charge on any atom is -0.444 e. The number of carbonyl (C=O) groups excluding carboxylic acids is 1. The molecule has 0 aromatic heterocycles. The fourth-order valence-electron chi connectivity index (χ4n) is 3.59. The lowest BCUT2D eigenvalue weighted by molar-refractivity contribution is -0.137. The predicted octanol–water partition coefficient (Wildman–Crippen LogP) is 5.66. The summed E-state index contributed by atoms with van der Waals surface area (Å²) in [5, 5.41) is 0. The Bertz CT molecular complexity index is 910. The van der Waals surface area contributed by atoms with Crippen molar-refractivity contribution < 1.29 is 22.7 Å². The number of hydrogen-bond donors (Lipinski definition) is 0. The number of piperazine rings is 1. The SMILES string of the molecule is Cc1ccc(Cc2cc(C(F)(F)F)ccc2N2CCN(C(=O)OC(C)(C)C)CC2)cc1. The molecule has 1 aliphatic rings. The third kappa shape index (κ3) is 6.15. The summed E-state index contributed by atoms with van der Waals surface area (Å²) in [6.45, 7) is 9.42. The Kier molecular flexibility index (Phi) is 6.53. The zero-order valence-electron chi connectivity index (χ0n) is 18.4. The number of nitrogens with zero attached hydrogens (tertiary/aromatic N) is 2. The van der Waals surface area contributed by atoms with Crippen molar-refractivity contribution in [1.29, 1.82) is 0 Å². The zero-order valence-corrected chi connectivity index (χ0v) is 18.4. The molecule has 0 aliphatic carbocycles. The van der Waals surface area contributed by atoms with Crippen molar-refractivity contribution in [3.05, 3.63) is 64.7 Å². The Labute approximate surface area is 181 Å². The monoisotopic (exact) mass is 434 g/mol. The number of alkyl halides is 3. The molecular weight excluding hydrogens is 405 g/mol. The second kappa shape index (κ2) is 8.81. The van der Waals surface area contributed by atoms with Gasteiger partial charge in [0.15, 0.2) is 0 Å². The predicted molar refractivity (Wildman–Crippen MR) is 115 cm³/mol. The number of ether oxygens (including phenoxy) is 1. The lowest BCUT2D eigenvalue weighted by Gasteiger charge is -2.37. The van der Waals surface area contributed by atoms with Gasteiger partial charge in [0.05, 0.1) is 5.56 Å². The highest BCUT2D eigenvalue weighted by Gasteiger charge is 2.32. The molecule has 2 aromatic carbocycles. The van der Waals surface area contributed by atoms with Crippen LogP contribution in [0.5, 0.6) is 0 Å². The third-order valence-electron chi connectivity index (χ3n) is 5.19. The number of amides is 1. The molecule has 1 saturated heterocycles. The molecule has 0 radical (unpaired) electrons. The van der Waals surface area contributed by atoms with Crippen LogP contribution in [-0.2, 0) is 17.3 Å². The lowest BCUT2D eigenvalue weighted by atomic mass is 9.99. The summed E-state index contributed by atoms with van der Waals surface area (Å²) in [4.78, 5) is 16.0. The Balaban J connectivity index is 1.80. The van der Waals surface area contributed by atoms with Crippen LogP contribution in [0.3, 0.4) is 0 Å². The average Bonchev–Trinajstić information content (AvgIpc) is 2.68. The summed E-state index contributed by atoms with van der Waals surface area (Å²) >= 11 is 0. The molecule has 1 fully saturated rings. The van der Waals surface area contributed by atoms with Gasteiger partial charge in [-0.15, -0.1) is 0 Å². The highest BCUT2D eigenvalue weighted by Crippen LogP contribution is 2.34. The van der Waals surface area contributed by atoms with Crippen LogP contribution in [0, 0.1) is 6.92 Å². The van der Waals surface area contributed by atoms with E-state index in [0.29, 0.717) is 38.2 Å². The summed E-state index contributed by atoms with van der Waals surface area (Å²) in [6.07, 6.45) is -4.35. The first kappa shape index (κ1) is 23.0. The third-order valence-corrected chi connectivity index (χ3v) is 5.19. The number of rotatable bonds is 3. The highest BCUT2D eigenvalue weighted by molar-refractivity contribution is 5.69. The summed E-state index contributed by atoms with van der Waals surface area (Å²) in [5.41, 5.74) is 2.25. The van der Waals surface area contributed by atoms with E-state index in [1.165, 1.54) is 6.07 Å². The van der Waals surface area contributed by atoms with E-state index in [4.69, 9.17) is 4.74 Å². The van der Waals surface area contributed by atoms with Gasteiger partial charge in [-0.25, -0.2) is 4.79 Å². The Morgan fingerprint density at radius 2 is 1.58 bits per heavy atom. The molecule has 0 bridgehead atoms. The van der Waals surface area contributed by atoms with Gasteiger partial charge in [-0.3, -0.25) is 0 Å². The van der Waals surface area contributed by atoms with Crippen molar-refractivity contribution in [2.45, 2.75) is 45.9 Å². The van der Waals surface area contributed by atoms with Crippen molar-refractivity contribution in [2.75, 3.05) is 31.1 Å². The van der Waals surface area contributed by atoms with Gasteiger partial charge in [0.25, 0.3) is 0 Å². The quantitative estimate of drug-likeness (QED) is 0.625. The number of benzene rings is 2. The minimum atomic E-state index is -4.39. The molecule has 1 heterocycles. The highest BCUT2D eigenvalue weighted by atomic mass is 19.4. The zero-order chi connectivity index (χ0) is 22.8. The van der Waals surface area contributed by atoms with Crippen molar-refractivity contribution in [1.82, 2.24) is 4.90 Å². The Morgan fingerprint density at radius 3 is 2.13 bits per heavy atom. The van der Waals surface area contributed by atoms with E-state index in [-0.39, 0.29) is 6.09 Å². The maximum Gasteiger partial charge on any atom is 0.416 e. The largest absolute Gasteiger partial charge is 0.444 e. The normalized spacial score (nSPS) is 15.2. The van der Waals surface area contributed by atoms with E-state index in [1.54, 1.807) is 11.0 Å². The van der Waals surface area contributed by atoms with E-state index >= 15 is 0 Å². The second-order valence-electron chi connectivity index (χ2n) is 8.96. The molecular formula is C24H29F3N2O2. The maximum absolute atomic E-state index is 13.3. The van der Waals surface area contributed by atoms with Gasteiger partial charge in [-0.2, -0.15) is 13.2 Å². The van der Waals surface area contributed by atoms with Crippen LogP contribution < -0.4 is 4.90 Å². The van der Waals surface area contributed by atoms with Gasteiger partial charge in [0, 0.05) is 31.9 Å². The molecule has 0 saturated carbocycles. The molecule has 0 unspecified atom stereocenters. The smallest absolute Gasteiger partial charge is 0.416 e. The van der Waals surface area contributed by atoms with Crippen LogP contribution in [0.15, 0.2) is 42.5 Å². The first-order valence-corrected chi connectivity index (χ1v) is 10.4. The first-order valence-electron chi connectivity index (χ1n) is 10.4. The Hall–Kier alpha value is -2.70. The standard InChI is InChI=1S/C24H29F3N2O2/c1-17-5-7-18(8-6-17)15-19-16-20(24(25,26)27)9-10-21(19)28-11-13-29(14-12-28)22(30)31-23(2,3)4/h5-10,16H,11-15H2,1-4H3. The van der Waals surface area contributed by atoms with Crippen LogP contribution in [0.25, 0.3) is 0 Å². The van der Waals surface area contributed by atoms with Crippen molar-refractivity contribution in [3.63, 3.8) is 0 Å². The number of aryl methyl sites for hydroxylation is 1. The molecule has 1 aliphatic heterocycles. The van der Waals surface area contributed by atoms with Crippen LogP contribution in [0.1, 0.15) is 43.0 Å². The molecule has 0 spiro atoms. The summed E-state index contributed by atoms with van der Waals surface area (Å²) < 4.78 is 45.4. The van der Waals surface area contributed by atoms with Gasteiger partial charge in [0.2, 0.25) is 0 Å². The molecule has 4 nitrogen and oxygen atoms in total. The molecule has 0 N–H and O–H groups in total. The molecule has 7 heteroatoms. The van der Waals surface area contributed by atoms with E-state index in [9.17, 15) is 18.0 Å². The number of anilines is 1. The van der Waals surface area contributed by atoms with Crippen LogP contribution in [-0.4, -0.2) is 42.8 Å². The topological polar surface area (TPSA) is 32.8 Å². The van der Waals surface area contributed by atoms with Gasteiger partial charge in [-0.1, -0.05) is 29.8 Å². The number of hydrogen-bond acceptors (Lipinski definition) is 3. The second-order valence-corrected chi connectivity index (χ2v) is 8.96. The van der Waals surface area contributed by atoms with Gasteiger partial charge in [-0.05, 0) is 63.4 Å². The van der Waals surface area contributed by atoms with E-state index in [0.717, 1.165) is 22.9 Å². The summed E-state index contributed by atoms with van der Waals surface area (Å²) in [6, 6.07) is 11.7. The first-order chi connectivity index (χ1) is 14.4. The molecule has 3 rings (SSSR count). The average molecular weight is 435 g/mol. The summed E-state index contributed by atoms with van der Waals surface area (Å²) in [7, 11) is 0. The van der Waals surface area contributed by atoms with E-state index in [1.807, 2.05) is 56.9 Å². The van der Waals surface area contributed by atoms with Crippen molar-refractivity contribution in [2.24, 2.45) is 0 Å². The van der Waals surface area contributed by atoms with Gasteiger partial charge >= 0.3 is 12.3 Å². The number of carbonyl (C=O) groups is 1. The number of halogens is 3. The fraction of sp³-hybridized carbons (Fsp3) is 0.458. The molecule has 1 amide bonds. The van der Waals surface area contributed by atoms with Gasteiger partial charge < -0.3 is 14.5 Å². The van der Waals surface area contributed by atoms with Crippen LogP contribution >= 0.6 is 0 Å². The van der Waals surface area contributed by atoms with Crippen molar-refractivity contribution >= 4 is 11.8 Å². The molecule has 2 aromatic rings. The fourth-order valence-corrected chi connectivity index (χ4v) is 3.59. The van der Waals surface area contributed by atoms with E-state index < -0.39 is 17.3 Å². The van der Waals surface area contributed by atoms with Crippen LogP contribution in [0.2, 0.25) is 0 Å². The molecule has 0 atom stereocenters. The lowest BCUT2D eigenvalue weighted by Crippen LogP contribution is -2.50. The Morgan fingerprint density at radius 1 is 0.968 bits per heavy atom. The molecule has 31 heavy (non-hydrogen) atoms. The molecule has 168 valence electrons. The van der Waals surface area contributed by atoms with Gasteiger partial charge in [0.1, 0.15) is 5.60 Å². The minimum absolute atomic E-state index is 0.362. The maximum atomic E-state index is 13.3.